The summed E-state index contributed by atoms with van der Waals surface area (Å²) in [6.45, 7) is 3.48. The second-order valence-electron chi connectivity index (χ2n) is 8.39. The highest BCUT2D eigenvalue weighted by Crippen LogP contribution is 2.37. The molecule has 1 fully saturated rings. The van der Waals surface area contributed by atoms with Crippen LogP contribution in [-0.4, -0.2) is 35.0 Å². The van der Waals surface area contributed by atoms with Crippen molar-refractivity contribution in [2.45, 2.75) is 39.0 Å². The van der Waals surface area contributed by atoms with Crippen LogP contribution in [0, 0.1) is 16.0 Å². The van der Waals surface area contributed by atoms with Crippen molar-refractivity contribution in [3.05, 3.63) is 57.6 Å². The quantitative estimate of drug-likeness (QED) is 0.527. The largest absolute Gasteiger partial charge is 0.471 e. The molecular formula is C22H23F3N4O3. The van der Waals surface area contributed by atoms with E-state index in [9.17, 15) is 28.1 Å². The predicted molar refractivity (Wildman–Crippen MR) is 114 cm³/mol. The molecular weight excluding hydrogens is 425 g/mol. The third-order valence-corrected chi connectivity index (χ3v) is 6.06. The average Bonchev–Trinajstić information content (AvgIpc) is 3.17. The molecule has 10 heteroatoms. The fourth-order valence-corrected chi connectivity index (χ4v) is 4.24. The molecule has 0 spiro atoms. The molecule has 0 atom stereocenters. The lowest BCUT2D eigenvalue weighted by molar-refractivity contribution is -0.385. The molecule has 32 heavy (non-hydrogen) atoms. The van der Waals surface area contributed by atoms with Crippen LogP contribution in [0.2, 0.25) is 0 Å². The Labute approximate surface area is 183 Å². The molecule has 4 rings (SSSR count). The van der Waals surface area contributed by atoms with Crippen molar-refractivity contribution in [3.63, 3.8) is 0 Å². The van der Waals surface area contributed by atoms with Crippen LogP contribution in [-0.2, 0) is 17.9 Å². The van der Waals surface area contributed by atoms with Crippen molar-refractivity contribution >= 4 is 28.7 Å². The van der Waals surface area contributed by atoms with Crippen molar-refractivity contribution in [1.29, 1.82) is 0 Å². The van der Waals surface area contributed by atoms with Crippen molar-refractivity contribution in [1.82, 2.24) is 4.90 Å². The monoisotopic (exact) mass is 448 g/mol. The second-order valence-corrected chi connectivity index (χ2v) is 8.39. The fourth-order valence-electron chi connectivity index (χ4n) is 4.24. The molecule has 0 unspecified atom stereocenters. The van der Waals surface area contributed by atoms with Crippen molar-refractivity contribution in [2.75, 3.05) is 23.3 Å². The molecule has 1 amide bonds. The van der Waals surface area contributed by atoms with Gasteiger partial charge >= 0.3 is 12.1 Å². The number of piperidine rings is 1. The van der Waals surface area contributed by atoms with E-state index in [1.807, 2.05) is 24.3 Å². The molecule has 1 saturated heterocycles. The van der Waals surface area contributed by atoms with E-state index in [2.05, 4.69) is 17.1 Å². The summed E-state index contributed by atoms with van der Waals surface area (Å²) in [4.78, 5) is 25.4. The van der Waals surface area contributed by atoms with Gasteiger partial charge in [0.2, 0.25) is 0 Å². The molecule has 0 saturated carbocycles. The van der Waals surface area contributed by atoms with E-state index < -0.39 is 23.6 Å². The Morgan fingerprint density at radius 1 is 1.09 bits per heavy atom. The maximum absolute atomic E-state index is 12.8. The molecule has 0 aliphatic carbocycles. The smallest absolute Gasteiger partial charge is 0.372 e. The second kappa shape index (κ2) is 8.33. The zero-order valence-corrected chi connectivity index (χ0v) is 17.5. The van der Waals surface area contributed by atoms with Gasteiger partial charge in [-0.2, -0.15) is 13.2 Å². The number of benzene rings is 2. The summed E-state index contributed by atoms with van der Waals surface area (Å²) in [7, 11) is 0. The summed E-state index contributed by atoms with van der Waals surface area (Å²) in [5, 5.41) is 14.6. The van der Waals surface area contributed by atoms with E-state index >= 15 is 0 Å². The number of nitro groups is 1. The Morgan fingerprint density at radius 3 is 2.34 bits per heavy atom. The summed E-state index contributed by atoms with van der Waals surface area (Å²) in [5.41, 5.74) is 2.35. The zero-order chi connectivity index (χ0) is 23.0. The standard InChI is InChI=1S/C22H23F3N4O3/c1-14-6-8-27(9-7-14)18-4-2-16(3-5-18)26-17-10-15-12-28(21(30)22(23,24)25)13-19(15)20(11-17)29(31)32/h2-5,10-11,14,26H,6-9,12-13H2,1H3. The molecule has 170 valence electrons. The Bertz CT molecular complexity index is 1030. The van der Waals surface area contributed by atoms with E-state index in [0.29, 0.717) is 21.8 Å². The minimum atomic E-state index is -5.02. The number of amides is 1. The number of rotatable bonds is 4. The van der Waals surface area contributed by atoms with Crippen LogP contribution < -0.4 is 10.2 Å². The van der Waals surface area contributed by atoms with Gasteiger partial charge in [0.25, 0.3) is 5.69 Å². The van der Waals surface area contributed by atoms with Crippen molar-refractivity contribution < 1.29 is 22.9 Å². The van der Waals surface area contributed by atoms with Crippen molar-refractivity contribution in [3.8, 4) is 0 Å². The molecule has 2 aliphatic heterocycles. The van der Waals surface area contributed by atoms with Gasteiger partial charge in [0, 0.05) is 42.8 Å². The maximum atomic E-state index is 12.8. The SMILES string of the molecule is CC1CCN(c2ccc(Nc3cc4c(c([N+](=O)[O-])c3)CN(C(=O)C(F)(F)F)C4)cc2)CC1. The van der Waals surface area contributed by atoms with Crippen molar-refractivity contribution in [2.24, 2.45) is 5.92 Å². The number of nitrogens with one attached hydrogen (secondary N) is 1. The highest BCUT2D eigenvalue weighted by atomic mass is 19.4. The number of hydrogen-bond acceptors (Lipinski definition) is 5. The number of hydrogen-bond donors (Lipinski definition) is 1. The van der Waals surface area contributed by atoms with Gasteiger partial charge in [0.15, 0.2) is 0 Å². The van der Waals surface area contributed by atoms with Crippen LogP contribution in [0.1, 0.15) is 30.9 Å². The van der Waals surface area contributed by atoms with Gasteiger partial charge in [-0.05, 0) is 54.7 Å². The van der Waals surface area contributed by atoms with Gasteiger partial charge in [-0.3, -0.25) is 14.9 Å². The number of fused-ring (bicyclic) bond motifs is 1. The van der Waals surface area contributed by atoms with Gasteiger partial charge in [0.1, 0.15) is 0 Å². The Kier molecular flexibility index (Phi) is 5.70. The van der Waals surface area contributed by atoms with Crippen LogP contribution in [0.5, 0.6) is 0 Å². The van der Waals surface area contributed by atoms with E-state index in [-0.39, 0.29) is 17.8 Å². The number of carbonyl (C=O) groups excluding carboxylic acids is 1. The minimum absolute atomic E-state index is 0.132. The van der Waals surface area contributed by atoms with Gasteiger partial charge in [-0.25, -0.2) is 0 Å². The van der Waals surface area contributed by atoms with Crippen LogP contribution in [0.4, 0.5) is 35.9 Å². The summed E-state index contributed by atoms with van der Waals surface area (Å²) in [6, 6.07) is 10.5. The average molecular weight is 448 g/mol. The first-order valence-electron chi connectivity index (χ1n) is 10.4. The van der Waals surface area contributed by atoms with Gasteiger partial charge in [-0.1, -0.05) is 6.92 Å². The maximum Gasteiger partial charge on any atom is 0.471 e. The third kappa shape index (κ3) is 4.49. The summed E-state index contributed by atoms with van der Waals surface area (Å²) >= 11 is 0. The topological polar surface area (TPSA) is 78.7 Å². The number of alkyl halides is 3. The van der Waals surface area contributed by atoms with Gasteiger partial charge < -0.3 is 15.1 Å². The first-order valence-corrected chi connectivity index (χ1v) is 10.4. The van der Waals surface area contributed by atoms with E-state index in [0.717, 1.165) is 37.5 Å². The molecule has 2 heterocycles. The molecule has 0 radical (unpaired) electrons. The highest BCUT2D eigenvalue weighted by molar-refractivity contribution is 5.83. The molecule has 0 aromatic heterocycles. The summed E-state index contributed by atoms with van der Waals surface area (Å²) < 4.78 is 38.4. The number of nitro benzene ring substituents is 1. The number of carbonyl (C=O) groups is 1. The summed E-state index contributed by atoms with van der Waals surface area (Å²) in [5.74, 6) is -1.27. The van der Waals surface area contributed by atoms with Crippen LogP contribution in [0.15, 0.2) is 36.4 Å². The van der Waals surface area contributed by atoms with Gasteiger partial charge in [0.05, 0.1) is 17.0 Å². The molecule has 1 N–H and O–H groups in total. The number of nitrogens with zero attached hydrogens (tertiary/aromatic N) is 3. The molecule has 2 aromatic rings. The Hall–Kier alpha value is -3.30. The number of anilines is 3. The minimum Gasteiger partial charge on any atom is -0.372 e. The first kappa shape index (κ1) is 21.9. The van der Waals surface area contributed by atoms with E-state index in [1.54, 1.807) is 6.07 Å². The van der Waals surface area contributed by atoms with Gasteiger partial charge in [-0.15, -0.1) is 0 Å². The summed E-state index contributed by atoms with van der Waals surface area (Å²) in [6.07, 6.45) is -2.73. The first-order chi connectivity index (χ1) is 15.1. The lowest BCUT2D eigenvalue weighted by Crippen LogP contribution is -2.37. The molecule has 0 bridgehead atoms. The van der Waals surface area contributed by atoms with Crippen LogP contribution >= 0.6 is 0 Å². The van der Waals surface area contributed by atoms with Crippen LogP contribution in [0.25, 0.3) is 0 Å². The van der Waals surface area contributed by atoms with E-state index in [1.165, 1.54) is 6.07 Å². The lowest BCUT2D eigenvalue weighted by Gasteiger charge is -2.32. The zero-order valence-electron chi connectivity index (χ0n) is 17.5. The lowest BCUT2D eigenvalue weighted by atomic mass is 9.99. The van der Waals surface area contributed by atoms with Crippen LogP contribution in [0.3, 0.4) is 0 Å². The highest BCUT2D eigenvalue weighted by Gasteiger charge is 2.45. The number of halogens is 3. The predicted octanol–water partition coefficient (Wildman–Crippen LogP) is 4.98. The fraction of sp³-hybridized carbons (Fsp3) is 0.409. The van der Waals surface area contributed by atoms with E-state index in [4.69, 9.17) is 0 Å². The Balaban J connectivity index is 1.52. The molecule has 2 aromatic carbocycles. The normalized spacial score (nSPS) is 16.8. The molecule has 7 nitrogen and oxygen atoms in total. The third-order valence-electron chi connectivity index (χ3n) is 6.06. The molecule has 2 aliphatic rings. The Morgan fingerprint density at radius 2 is 1.75 bits per heavy atom.